The topological polar surface area (TPSA) is 67.1 Å². The van der Waals surface area contributed by atoms with Gasteiger partial charge in [0.25, 0.3) is 5.91 Å². The lowest BCUT2D eigenvalue weighted by molar-refractivity contribution is -0.122. The zero-order chi connectivity index (χ0) is 9.26. The highest BCUT2D eigenvalue weighted by Gasteiger charge is 2.37. The van der Waals surface area contributed by atoms with Crippen molar-refractivity contribution in [3.05, 3.63) is 0 Å². The van der Waals surface area contributed by atoms with E-state index < -0.39 is 0 Å². The molecule has 13 heavy (non-hydrogen) atoms. The summed E-state index contributed by atoms with van der Waals surface area (Å²) in [5, 5.41) is 3.35. The lowest BCUT2D eigenvalue weighted by Gasteiger charge is -2.24. The third-order valence-electron chi connectivity index (χ3n) is 3.32. The molecule has 1 saturated heterocycles. The molecule has 0 aromatic heterocycles. The summed E-state index contributed by atoms with van der Waals surface area (Å²) in [5.74, 6) is 5.75. The molecule has 0 spiro atoms. The van der Waals surface area contributed by atoms with Crippen molar-refractivity contribution in [1.29, 1.82) is 0 Å². The van der Waals surface area contributed by atoms with Crippen LogP contribution in [0.1, 0.15) is 32.1 Å². The minimum atomic E-state index is -0.0607. The zero-order valence-electron chi connectivity index (χ0n) is 7.75. The molecule has 1 saturated carbocycles. The fourth-order valence-electron chi connectivity index (χ4n) is 2.62. The Hall–Kier alpha value is -0.610. The van der Waals surface area contributed by atoms with Crippen LogP contribution in [0.2, 0.25) is 0 Å². The van der Waals surface area contributed by atoms with Gasteiger partial charge in [-0.2, -0.15) is 0 Å². The highest BCUT2D eigenvalue weighted by Crippen LogP contribution is 2.32. The van der Waals surface area contributed by atoms with Crippen molar-refractivity contribution >= 4 is 5.91 Å². The Bertz CT molecular complexity index is 193. The van der Waals surface area contributed by atoms with Crippen LogP contribution in [0, 0.1) is 5.92 Å². The van der Waals surface area contributed by atoms with Gasteiger partial charge in [-0.05, 0) is 25.2 Å². The second-order valence-corrected chi connectivity index (χ2v) is 4.11. The predicted octanol–water partition coefficient (Wildman–Crippen LogP) is -0.103. The number of carbonyl (C=O) groups excluding carboxylic acids is 1. The molecule has 2 aliphatic rings. The monoisotopic (exact) mass is 183 g/mol. The maximum Gasteiger partial charge on any atom is 0.251 e. The molecule has 0 radical (unpaired) electrons. The zero-order valence-corrected chi connectivity index (χ0v) is 7.75. The van der Waals surface area contributed by atoms with Crippen LogP contribution >= 0.6 is 0 Å². The Morgan fingerprint density at radius 1 is 1.38 bits per heavy atom. The summed E-state index contributed by atoms with van der Waals surface area (Å²) in [6, 6.07) is 0.522. The van der Waals surface area contributed by atoms with Crippen LogP contribution in [0.15, 0.2) is 0 Å². The van der Waals surface area contributed by atoms with Crippen molar-refractivity contribution in [1.82, 2.24) is 10.7 Å². The van der Waals surface area contributed by atoms with Gasteiger partial charge in [-0.1, -0.05) is 12.8 Å². The Morgan fingerprint density at radius 2 is 2.15 bits per heavy atom. The molecule has 0 bridgehead atoms. The lowest BCUT2D eigenvalue weighted by Crippen LogP contribution is -2.45. The van der Waals surface area contributed by atoms with E-state index in [-0.39, 0.29) is 11.9 Å². The van der Waals surface area contributed by atoms with E-state index in [9.17, 15) is 4.79 Å². The standard InChI is InChI=1S/C9H17N3O/c10-12-9(13)8-5-6-3-1-2-4-7(6)11-8/h6-8,11H,1-5,10H2,(H,12,13)/t6-,7-,8+/m1/s1. The lowest BCUT2D eigenvalue weighted by atomic mass is 9.85. The van der Waals surface area contributed by atoms with Gasteiger partial charge in [0, 0.05) is 6.04 Å². The molecule has 2 rings (SSSR count). The molecular weight excluding hydrogens is 166 g/mol. The van der Waals surface area contributed by atoms with Crippen LogP contribution in [0.25, 0.3) is 0 Å². The van der Waals surface area contributed by atoms with E-state index in [0.29, 0.717) is 12.0 Å². The number of nitrogens with one attached hydrogen (secondary N) is 2. The first-order valence-corrected chi connectivity index (χ1v) is 5.08. The molecule has 74 valence electrons. The van der Waals surface area contributed by atoms with Gasteiger partial charge in [0.2, 0.25) is 0 Å². The van der Waals surface area contributed by atoms with E-state index in [2.05, 4.69) is 10.7 Å². The van der Waals surface area contributed by atoms with Gasteiger partial charge in [0.1, 0.15) is 0 Å². The maximum atomic E-state index is 11.3. The maximum absolute atomic E-state index is 11.3. The van der Waals surface area contributed by atoms with E-state index in [0.717, 1.165) is 6.42 Å². The Morgan fingerprint density at radius 3 is 2.85 bits per heavy atom. The number of carbonyl (C=O) groups is 1. The summed E-state index contributed by atoms with van der Waals surface area (Å²) in [4.78, 5) is 11.3. The van der Waals surface area contributed by atoms with Gasteiger partial charge in [-0.25, -0.2) is 5.84 Å². The highest BCUT2D eigenvalue weighted by molar-refractivity contribution is 5.81. The SMILES string of the molecule is NNC(=O)[C@@H]1C[C@H]2CCCC[C@H]2N1. The Kier molecular flexibility index (Phi) is 2.51. The minimum absolute atomic E-state index is 0.0434. The van der Waals surface area contributed by atoms with E-state index in [1.54, 1.807) is 0 Å². The summed E-state index contributed by atoms with van der Waals surface area (Å²) in [5.41, 5.74) is 2.22. The second kappa shape index (κ2) is 3.64. The third kappa shape index (κ3) is 1.69. The van der Waals surface area contributed by atoms with Crippen molar-refractivity contribution in [2.45, 2.75) is 44.2 Å². The summed E-state index contributed by atoms with van der Waals surface area (Å²) in [6.45, 7) is 0. The van der Waals surface area contributed by atoms with E-state index in [1.807, 2.05) is 0 Å². The Balaban J connectivity index is 1.94. The molecule has 0 aromatic rings. The molecule has 0 unspecified atom stereocenters. The number of hydrazine groups is 1. The summed E-state index contributed by atoms with van der Waals surface area (Å²) < 4.78 is 0. The molecule has 1 aliphatic carbocycles. The van der Waals surface area contributed by atoms with Crippen LogP contribution in [-0.4, -0.2) is 18.0 Å². The molecule has 1 heterocycles. The predicted molar refractivity (Wildman–Crippen MR) is 49.6 cm³/mol. The molecule has 1 amide bonds. The van der Waals surface area contributed by atoms with Gasteiger partial charge >= 0.3 is 0 Å². The first kappa shape index (κ1) is 8.97. The van der Waals surface area contributed by atoms with Crippen molar-refractivity contribution in [3.63, 3.8) is 0 Å². The largest absolute Gasteiger partial charge is 0.303 e. The van der Waals surface area contributed by atoms with Gasteiger partial charge in [0.15, 0.2) is 0 Å². The van der Waals surface area contributed by atoms with E-state index in [4.69, 9.17) is 5.84 Å². The van der Waals surface area contributed by atoms with Crippen LogP contribution in [-0.2, 0) is 4.79 Å². The van der Waals surface area contributed by atoms with Gasteiger partial charge in [-0.15, -0.1) is 0 Å². The average molecular weight is 183 g/mol. The van der Waals surface area contributed by atoms with E-state index >= 15 is 0 Å². The number of hydrogen-bond acceptors (Lipinski definition) is 3. The molecule has 0 aromatic carbocycles. The second-order valence-electron chi connectivity index (χ2n) is 4.11. The molecule has 4 heteroatoms. The summed E-state index contributed by atoms with van der Waals surface area (Å²) in [7, 11) is 0. The number of amides is 1. The fraction of sp³-hybridized carbons (Fsp3) is 0.889. The van der Waals surface area contributed by atoms with Gasteiger partial charge < -0.3 is 5.32 Å². The summed E-state index contributed by atoms with van der Waals surface area (Å²) in [6.07, 6.45) is 6.07. The normalized spacial score (nSPS) is 38.4. The van der Waals surface area contributed by atoms with Crippen molar-refractivity contribution in [2.75, 3.05) is 0 Å². The minimum Gasteiger partial charge on any atom is -0.303 e. The number of nitrogens with two attached hydrogens (primary N) is 1. The van der Waals surface area contributed by atoms with Crippen LogP contribution in [0.5, 0.6) is 0 Å². The average Bonchev–Trinajstić information content (AvgIpc) is 2.59. The van der Waals surface area contributed by atoms with Crippen molar-refractivity contribution in [3.8, 4) is 0 Å². The van der Waals surface area contributed by atoms with Crippen molar-refractivity contribution < 1.29 is 4.79 Å². The number of hydrogen-bond donors (Lipinski definition) is 3. The molecule has 4 N–H and O–H groups in total. The highest BCUT2D eigenvalue weighted by atomic mass is 16.2. The van der Waals surface area contributed by atoms with E-state index in [1.165, 1.54) is 25.7 Å². The third-order valence-corrected chi connectivity index (χ3v) is 3.32. The smallest absolute Gasteiger partial charge is 0.251 e. The number of fused-ring (bicyclic) bond motifs is 1. The molecule has 1 aliphatic heterocycles. The van der Waals surface area contributed by atoms with Crippen LogP contribution in [0.4, 0.5) is 0 Å². The first-order valence-electron chi connectivity index (χ1n) is 5.08. The Labute approximate surface area is 78.2 Å². The molecular formula is C9H17N3O. The van der Waals surface area contributed by atoms with Crippen molar-refractivity contribution in [2.24, 2.45) is 11.8 Å². The number of rotatable bonds is 1. The molecule has 3 atom stereocenters. The van der Waals surface area contributed by atoms with Gasteiger partial charge in [-0.3, -0.25) is 10.2 Å². The fourth-order valence-corrected chi connectivity index (χ4v) is 2.62. The first-order chi connectivity index (χ1) is 6.31. The summed E-state index contributed by atoms with van der Waals surface area (Å²) >= 11 is 0. The van der Waals surface area contributed by atoms with Crippen LogP contribution < -0.4 is 16.6 Å². The van der Waals surface area contributed by atoms with Gasteiger partial charge in [0.05, 0.1) is 6.04 Å². The molecule has 4 nitrogen and oxygen atoms in total. The quantitative estimate of drug-likeness (QED) is 0.302. The molecule has 2 fully saturated rings. The van der Waals surface area contributed by atoms with Crippen LogP contribution in [0.3, 0.4) is 0 Å².